The van der Waals surface area contributed by atoms with Gasteiger partial charge in [0.15, 0.2) is 11.5 Å². The number of ether oxygens (including phenoxy) is 2. The minimum atomic E-state index is -0.935. The standard InChI is InChI=1S/C25H26N2O7S2/c1-33-13-6-5-10(8-14(13)34-2)16-17-11-9-12(20(17)35-22-21(16)36-25(32)26-22)19-18(11)23(30)27(24(19)31)7-3-4-15(28)29/h5-6,8,11-12,16-20H,3-4,7,9H2,1-2H3,(H,26,32)(H,28,29)/t11-,12+,16+,17+,18+,19+,20-/m1/s1. The lowest BCUT2D eigenvalue weighted by atomic mass is 9.68. The van der Waals surface area contributed by atoms with Crippen molar-refractivity contribution in [3.8, 4) is 11.5 Å². The van der Waals surface area contributed by atoms with Crippen LogP contribution in [0.3, 0.4) is 0 Å². The molecule has 3 fully saturated rings. The van der Waals surface area contributed by atoms with Crippen LogP contribution in [0, 0.1) is 29.6 Å². The first-order valence-corrected chi connectivity index (χ1v) is 13.7. The Balaban J connectivity index is 1.38. The summed E-state index contributed by atoms with van der Waals surface area (Å²) in [6.45, 7) is 0.151. The highest BCUT2D eigenvalue weighted by Gasteiger charge is 2.69. The normalized spacial score (nSPS) is 31.8. The third-order valence-corrected chi connectivity index (χ3v) is 10.9. The van der Waals surface area contributed by atoms with E-state index in [1.54, 1.807) is 26.0 Å². The van der Waals surface area contributed by atoms with E-state index in [1.807, 2.05) is 18.2 Å². The Morgan fingerprint density at radius 2 is 1.83 bits per heavy atom. The van der Waals surface area contributed by atoms with Crippen LogP contribution in [0.1, 0.15) is 35.6 Å². The van der Waals surface area contributed by atoms with Gasteiger partial charge in [-0.1, -0.05) is 17.4 Å². The molecule has 0 unspecified atom stereocenters. The Labute approximate surface area is 215 Å². The van der Waals surface area contributed by atoms with Crippen LogP contribution in [-0.2, 0) is 14.4 Å². The van der Waals surface area contributed by atoms with Crippen LogP contribution in [-0.4, -0.2) is 58.8 Å². The average Bonchev–Trinajstić information content (AvgIpc) is 3.58. The number of nitrogens with one attached hydrogen (secondary N) is 1. The first-order valence-electron chi connectivity index (χ1n) is 12.0. The highest BCUT2D eigenvalue weighted by Crippen LogP contribution is 2.68. The lowest BCUT2D eigenvalue weighted by Crippen LogP contribution is -2.42. The summed E-state index contributed by atoms with van der Waals surface area (Å²) in [7, 11) is 3.17. The van der Waals surface area contributed by atoms with Crippen molar-refractivity contribution in [2.75, 3.05) is 20.8 Å². The molecule has 2 N–H and O–H groups in total. The fraction of sp³-hybridized carbons (Fsp3) is 0.520. The van der Waals surface area contributed by atoms with E-state index in [4.69, 9.17) is 14.6 Å². The molecule has 9 nitrogen and oxygen atoms in total. The summed E-state index contributed by atoms with van der Waals surface area (Å²) in [4.78, 5) is 55.3. The molecule has 2 bridgehead atoms. The highest BCUT2D eigenvalue weighted by molar-refractivity contribution is 8.00. The number of thiazole rings is 1. The molecule has 1 aromatic heterocycles. The molecule has 2 amide bonds. The number of nitrogens with zero attached hydrogens (tertiary/aromatic N) is 1. The lowest BCUT2D eigenvalue weighted by molar-refractivity contribution is -0.142. The summed E-state index contributed by atoms with van der Waals surface area (Å²) < 4.78 is 11.0. The van der Waals surface area contributed by atoms with Gasteiger partial charge < -0.3 is 19.6 Å². The smallest absolute Gasteiger partial charge is 0.305 e. The Kier molecular flexibility index (Phi) is 5.67. The second-order valence-corrected chi connectivity index (χ2v) is 12.1. The molecule has 1 aromatic carbocycles. The average molecular weight is 531 g/mol. The van der Waals surface area contributed by atoms with E-state index in [0.717, 1.165) is 21.9 Å². The number of aromatic amines is 1. The van der Waals surface area contributed by atoms with Crippen LogP contribution in [0.15, 0.2) is 28.0 Å². The Hall–Kier alpha value is -2.79. The zero-order valence-corrected chi connectivity index (χ0v) is 21.4. The van der Waals surface area contributed by atoms with Crippen molar-refractivity contribution < 1.29 is 29.0 Å². The number of thioether (sulfide) groups is 1. The Bertz CT molecular complexity index is 1320. The van der Waals surface area contributed by atoms with Gasteiger partial charge in [0.2, 0.25) is 11.8 Å². The molecule has 0 radical (unpaired) electrons. The topological polar surface area (TPSA) is 126 Å². The maximum atomic E-state index is 13.5. The number of rotatable bonds is 7. The third-order valence-electron chi connectivity index (χ3n) is 8.35. The van der Waals surface area contributed by atoms with Crippen LogP contribution in [0.25, 0.3) is 0 Å². The number of imide groups is 1. The SMILES string of the molecule is COc1ccc([C@@H]2c3sc(=O)[nH]c3S[C@@H]3[C@H]4C[C@@H]([C@@H]5C(=O)N(CCCC(=O)O)C(=O)[C@@H]45)[C@@H]23)cc1OC. The van der Waals surface area contributed by atoms with Crippen LogP contribution in [0.2, 0.25) is 0 Å². The van der Waals surface area contributed by atoms with Crippen molar-refractivity contribution in [2.45, 2.75) is 35.5 Å². The number of H-pyrrole nitrogens is 1. The van der Waals surface area contributed by atoms with Crippen molar-refractivity contribution in [3.63, 3.8) is 0 Å². The summed E-state index contributed by atoms with van der Waals surface area (Å²) >= 11 is 2.85. The molecule has 2 aliphatic heterocycles. The molecule has 36 heavy (non-hydrogen) atoms. The molecular weight excluding hydrogens is 504 g/mol. The summed E-state index contributed by atoms with van der Waals surface area (Å²) in [5, 5.41) is 9.93. The van der Waals surface area contributed by atoms with Crippen molar-refractivity contribution in [1.82, 2.24) is 9.88 Å². The summed E-state index contributed by atoms with van der Waals surface area (Å²) in [5.41, 5.74) is 0.999. The van der Waals surface area contributed by atoms with Gasteiger partial charge in [-0.2, -0.15) is 0 Å². The number of benzene rings is 1. The van der Waals surface area contributed by atoms with Crippen LogP contribution in [0.5, 0.6) is 11.5 Å². The molecule has 1 saturated heterocycles. The minimum Gasteiger partial charge on any atom is -0.493 e. The summed E-state index contributed by atoms with van der Waals surface area (Å²) in [6, 6.07) is 5.81. The summed E-state index contributed by atoms with van der Waals surface area (Å²) in [6.07, 6.45) is 0.992. The van der Waals surface area contributed by atoms with E-state index in [1.165, 1.54) is 16.2 Å². The van der Waals surface area contributed by atoms with Gasteiger partial charge in [0, 0.05) is 29.0 Å². The van der Waals surface area contributed by atoms with Gasteiger partial charge in [-0.3, -0.25) is 24.1 Å². The molecule has 7 atom stereocenters. The number of aromatic nitrogens is 1. The number of hydrogen-bond donors (Lipinski definition) is 2. The Morgan fingerprint density at radius 3 is 2.53 bits per heavy atom. The first-order chi connectivity index (χ1) is 17.3. The van der Waals surface area contributed by atoms with E-state index >= 15 is 0 Å². The second kappa shape index (κ2) is 8.65. The number of carbonyl (C=O) groups is 3. The van der Waals surface area contributed by atoms with Crippen LogP contribution < -0.4 is 14.3 Å². The number of amides is 2. The number of carbonyl (C=O) groups excluding carboxylic acids is 2. The molecule has 2 saturated carbocycles. The maximum Gasteiger partial charge on any atom is 0.305 e. The lowest BCUT2D eigenvalue weighted by Gasteiger charge is -2.43. The zero-order chi connectivity index (χ0) is 25.3. The van der Waals surface area contributed by atoms with Crippen molar-refractivity contribution >= 4 is 40.9 Å². The fourth-order valence-electron chi connectivity index (χ4n) is 7.11. The van der Waals surface area contributed by atoms with Gasteiger partial charge >= 0.3 is 10.8 Å². The van der Waals surface area contributed by atoms with Crippen molar-refractivity contribution in [1.29, 1.82) is 0 Å². The zero-order valence-electron chi connectivity index (χ0n) is 19.8. The fourth-order valence-corrected chi connectivity index (χ4v) is 10.00. The van der Waals surface area contributed by atoms with E-state index in [0.29, 0.717) is 11.5 Å². The highest BCUT2D eigenvalue weighted by atomic mass is 32.2. The molecule has 11 heteroatoms. The van der Waals surface area contributed by atoms with Crippen molar-refractivity contribution in [3.05, 3.63) is 38.3 Å². The molecular formula is C25H26N2O7S2. The molecule has 0 spiro atoms. The molecule has 2 aromatic rings. The van der Waals surface area contributed by atoms with Crippen molar-refractivity contribution in [2.24, 2.45) is 29.6 Å². The van der Waals surface area contributed by atoms with Gasteiger partial charge in [0.25, 0.3) is 0 Å². The number of carboxylic acids is 1. The van der Waals surface area contributed by atoms with Gasteiger partial charge in [0.1, 0.15) is 0 Å². The van der Waals surface area contributed by atoms with Crippen LogP contribution in [0.4, 0.5) is 0 Å². The van der Waals surface area contributed by atoms with E-state index in [2.05, 4.69) is 4.98 Å². The number of likely N-dealkylation sites (tertiary alicyclic amines) is 1. The predicted octanol–water partition coefficient (Wildman–Crippen LogP) is 2.79. The number of fused-ring (bicyclic) bond motifs is 9. The van der Waals surface area contributed by atoms with Gasteiger partial charge in [-0.15, -0.1) is 11.8 Å². The number of carboxylic acid groups (broad SMARTS) is 1. The number of hydrogen-bond acceptors (Lipinski definition) is 8. The third kappa shape index (κ3) is 3.35. The summed E-state index contributed by atoms with van der Waals surface area (Å²) in [5.74, 6) is -0.734. The first kappa shape index (κ1) is 23.6. The van der Waals surface area contributed by atoms with Gasteiger partial charge in [-0.05, 0) is 48.3 Å². The molecule has 190 valence electrons. The minimum absolute atomic E-state index is 0.0156. The quantitative estimate of drug-likeness (QED) is 0.524. The van der Waals surface area contributed by atoms with E-state index in [-0.39, 0.29) is 76.8 Å². The van der Waals surface area contributed by atoms with E-state index in [9.17, 15) is 19.2 Å². The maximum absolute atomic E-state index is 13.5. The van der Waals surface area contributed by atoms with Gasteiger partial charge in [0.05, 0.1) is 31.1 Å². The number of aliphatic carboxylic acids is 1. The second-order valence-electron chi connectivity index (χ2n) is 9.90. The van der Waals surface area contributed by atoms with Crippen LogP contribution >= 0.6 is 23.1 Å². The largest absolute Gasteiger partial charge is 0.493 e. The molecule has 4 aliphatic rings. The molecule has 3 heterocycles. The monoisotopic (exact) mass is 530 g/mol. The van der Waals surface area contributed by atoms with E-state index < -0.39 is 5.97 Å². The molecule has 6 rings (SSSR count). The Morgan fingerprint density at radius 1 is 1.11 bits per heavy atom. The predicted molar refractivity (Wildman–Crippen MR) is 132 cm³/mol. The van der Waals surface area contributed by atoms with Gasteiger partial charge in [-0.25, -0.2) is 0 Å². The number of methoxy groups -OCH3 is 2. The molecule has 2 aliphatic carbocycles.